The highest BCUT2D eigenvalue weighted by molar-refractivity contribution is 9.10. The molecule has 86 heavy (non-hydrogen) atoms. The van der Waals surface area contributed by atoms with Crippen molar-refractivity contribution in [2.24, 2.45) is 0 Å². The average molecular weight is 1220 g/mol. The Hall–Kier alpha value is -10.1. The summed E-state index contributed by atoms with van der Waals surface area (Å²) in [7, 11) is -0.439. The minimum atomic E-state index is -0.439. The number of nitriles is 2. The van der Waals surface area contributed by atoms with Gasteiger partial charge in [0.25, 0.3) is 11.8 Å². The molecule has 0 unspecified atom stereocenters. The number of nitrogen functional groups attached to an aromatic ring is 2. The zero-order valence-electron chi connectivity index (χ0n) is 47.6. The number of hydrogen-bond donors (Lipinski definition) is 6. The minimum absolute atomic E-state index is 0.241. The lowest BCUT2D eigenvalue weighted by molar-refractivity contribution is 0.00578. The normalized spacial score (nSPS) is 13.6. The van der Waals surface area contributed by atoms with Gasteiger partial charge in [0, 0.05) is 47.9 Å². The van der Waals surface area contributed by atoms with Crippen LogP contribution in [-0.2, 0) is 22.4 Å². The maximum Gasteiger partial charge on any atom is 0.494 e. The molecule has 6 aromatic heterocycles. The van der Waals surface area contributed by atoms with Crippen LogP contribution >= 0.6 is 15.9 Å². The molecule has 11 rings (SSSR count). The predicted molar refractivity (Wildman–Crippen MR) is 327 cm³/mol. The summed E-state index contributed by atoms with van der Waals surface area (Å²) in [6.45, 7) is 12.5. The standard InChI is InChI=1S/C28H30BFN4O3.C28H23FN8O.C6H5BrN4/c1-18(21-8-12-23(30)13-9-21)34-26(35)24-14-20(15-31)17-33-25(24)32-16-19-6-10-22(11-7-19)29-36-27(2,3)28(4,5)37-29;1-17(20-6-8-22(29)9-7-20)36-28(38)24-12-19(13-30)15-33-27(24)32-14-18-2-4-21(5-3-18)23-10-11-37-25(23)26(31)34-16-35-37;7-4-1-2-11-5(4)6(8)9-3-10-11/h6-14,17-18H,16H2,1-5H3,(H,32,33)(H,34,35);2-12,15-17H,14H2,1H3,(H,32,33)(H,36,38)(H2,31,34,35);1-3H,(H2,8,9,10)/t18-;17-;/m00./s1. The van der Waals surface area contributed by atoms with E-state index in [2.05, 4.69) is 67.3 Å². The molecule has 1 saturated heterocycles. The summed E-state index contributed by atoms with van der Waals surface area (Å²) in [5, 5.41) is 39.0. The van der Waals surface area contributed by atoms with Gasteiger partial charge in [-0.2, -0.15) is 20.7 Å². The number of amides is 2. The van der Waals surface area contributed by atoms with Gasteiger partial charge in [0.1, 0.15) is 59.1 Å². The number of carbonyl (C=O) groups excluding carboxylic acids is 2. The van der Waals surface area contributed by atoms with Crippen LogP contribution in [0.15, 0.2) is 163 Å². The number of carbonyl (C=O) groups is 2. The van der Waals surface area contributed by atoms with Gasteiger partial charge in [-0.05, 0) is 139 Å². The van der Waals surface area contributed by atoms with E-state index in [1.54, 1.807) is 47.1 Å². The first-order valence-corrected chi connectivity index (χ1v) is 27.8. The largest absolute Gasteiger partial charge is 0.494 e. The van der Waals surface area contributed by atoms with E-state index >= 15 is 0 Å². The number of aromatic nitrogens is 8. The van der Waals surface area contributed by atoms with Crippen LogP contribution in [0.1, 0.15) is 108 Å². The molecule has 10 aromatic rings. The van der Waals surface area contributed by atoms with Crippen molar-refractivity contribution in [1.29, 1.82) is 10.5 Å². The molecule has 0 radical (unpaired) electrons. The summed E-state index contributed by atoms with van der Waals surface area (Å²) < 4.78 is 43.0. The van der Waals surface area contributed by atoms with E-state index in [0.29, 0.717) is 36.4 Å². The maximum atomic E-state index is 13.3. The summed E-state index contributed by atoms with van der Waals surface area (Å²) in [6, 6.07) is 37.7. The van der Waals surface area contributed by atoms with E-state index in [4.69, 9.17) is 20.8 Å². The lowest BCUT2D eigenvalue weighted by Crippen LogP contribution is -2.41. The van der Waals surface area contributed by atoms with Crippen LogP contribution in [0.2, 0.25) is 0 Å². The fourth-order valence-corrected chi connectivity index (χ4v) is 9.50. The lowest BCUT2D eigenvalue weighted by atomic mass is 9.79. The molecule has 2 amide bonds. The van der Waals surface area contributed by atoms with E-state index in [1.165, 1.54) is 61.4 Å². The Morgan fingerprint density at radius 1 is 0.628 bits per heavy atom. The quantitative estimate of drug-likeness (QED) is 0.0552. The predicted octanol–water partition coefficient (Wildman–Crippen LogP) is 10.1. The topological polar surface area (TPSA) is 286 Å². The average Bonchev–Trinajstić information content (AvgIpc) is 2.10. The van der Waals surface area contributed by atoms with Gasteiger partial charge in [0.2, 0.25) is 0 Å². The Kier molecular flexibility index (Phi) is 18.4. The van der Waals surface area contributed by atoms with Gasteiger partial charge >= 0.3 is 7.12 Å². The Balaban J connectivity index is 0.000000174. The maximum absolute atomic E-state index is 13.3. The Morgan fingerprint density at radius 2 is 1.06 bits per heavy atom. The second kappa shape index (κ2) is 26.2. The van der Waals surface area contributed by atoms with Crippen molar-refractivity contribution in [2.45, 2.75) is 77.9 Å². The number of halogens is 3. The molecule has 1 aliphatic heterocycles. The summed E-state index contributed by atoms with van der Waals surface area (Å²) in [5.41, 5.74) is 19.7. The van der Waals surface area contributed by atoms with Gasteiger partial charge in [0.05, 0.1) is 45.5 Å². The minimum Gasteiger partial charge on any atom is -0.399 e. The molecule has 0 spiro atoms. The monoisotopic (exact) mass is 1220 g/mol. The van der Waals surface area contributed by atoms with Crippen LogP contribution in [0.5, 0.6) is 0 Å². The summed E-state index contributed by atoms with van der Waals surface area (Å²) >= 11 is 3.34. The first-order valence-electron chi connectivity index (χ1n) is 27.0. The molecule has 7 heterocycles. The third-order valence-electron chi connectivity index (χ3n) is 14.6. The van der Waals surface area contributed by atoms with Gasteiger partial charge < -0.3 is 42.0 Å². The number of hydrogen-bond acceptors (Lipinski definition) is 16. The number of benzene rings is 4. The molecule has 434 valence electrons. The smallest absolute Gasteiger partial charge is 0.399 e. The highest BCUT2D eigenvalue weighted by Crippen LogP contribution is 2.37. The first-order chi connectivity index (χ1) is 41.2. The van der Waals surface area contributed by atoms with Gasteiger partial charge in [-0.15, -0.1) is 0 Å². The third kappa shape index (κ3) is 14.1. The molecule has 24 heteroatoms. The molecule has 20 nitrogen and oxygen atoms in total. The second-order valence-corrected chi connectivity index (χ2v) is 21.8. The van der Waals surface area contributed by atoms with Crippen LogP contribution < -0.4 is 38.2 Å². The molecule has 8 N–H and O–H groups in total. The Bertz CT molecular complexity index is 4140. The molecule has 0 aliphatic carbocycles. The third-order valence-corrected chi connectivity index (χ3v) is 15.2. The van der Waals surface area contributed by atoms with Crippen molar-refractivity contribution >= 4 is 74.6 Å². The zero-order valence-corrected chi connectivity index (χ0v) is 49.1. The van der Waals surface area contributed by atoms with E-state index in [1.807, 2.05) is 113 Å². The van der Waals surface area contributed by atoms with Crippen LogP contribution in [0, 0.1) is 34.3 Å². The molecule has 2 atom stereocenters. The van der Waals surface area contributed by atoms with E-state index < -0.39 is 24.2 Å². The number of rotatable bonds is 14. The van der Waals surface area contributed by atoms with Gasteiger partial charge in [-0.25, -0.2) is 37.7 Å². The number of nitrogens with two attached hydrogens (primary N) is 2. The van der Waals surface area contributed by atoms with Crippen LogP contribution in [0.3, 0.4) is 0 Å². The highest BCUT2D eigenvalue weighted by Gasteiger charge is 2.51. The van der Waals surface area contributed by atoms with Crippen LogP contribution in [0.4, 0.5) is 32.1 Å². The van der Waals surface area contributed by atoms with E-state index in [0.717, 1.165) is 54.3 Å². The fraction of sp³-hybridized carbons (Fsp3) is 0.194. The first kappa shape index (κ1) is 60.5. The number of fused-ring (bicyclic) bond motifs is 2. The summed E-state index contributed by atoms with van der Waals surface area (Å²) in [6.07, 6.45) is 9.32. The molecule has 0 saturated carbocycles. The van der Waals surface area contributed by atoms with E-state index in [9.17, 15) is 28.9 Å². The van der Waals surface area contributed by atoms with Gasteiger partial charge in [0.15, 0.2) is 11.6 Å². The van der Waals surface area contributed by atoms with Crippen molar-refractivity contribution in [3.63, 3.8) is 0 Å². The zero-order chi connectivity index (χ0) is 61.3. The number of nitrogens with zero attached hydrogens (tertiary/aromatic N) is 10. The molecule has 4 aromatic carbocycles. The van der Waals surface area contributed by atoms with E-state index in [-0.39, 0.29) is 51.9 Å². The van der Waals surface area contributed by atoms with Gasteiger partial charge in [-0.3, -0.25) is 9.59 Å². The molecule has 1 aliphatic rings. The second-order valence-electron chi connectivity index (χ2n) is 21.0. The molecular weight excluding hydrogens is 1160 g/mol. The van der Waals surface area contributed by atoms with Crippen molar-refractivity contribution in [3.8, 4) is 23.3 Å². The Morgan fingerprint density at radius 3 is 1.51 bits per heavy atom. The highest BCUT2D eigenvalue weighted by atomic mass is 79.9. The number of pyridine rings is 2. The van der Waals surface area contributed by atoms with Crippen molar-refractivity contribution in [3.05, 3.63) is 219 Å². The van der Waals surface area contributed by atoms with Crippen LogP contribution in [-0.4, -0.2) is 69.3 Å². The summed E-state index contributed by atoms with van der Waals surface area (Å²) in [4.78, 5) is 42.7. The molecule has 1 fully saturated rings. The fourth-order valence-electron chi connectivity index (χ4n) is 8.99. The lowest BCUT2D eigenvalue weighted by Gasteiger charge is -2.32. The Labute approximate surface area is 502 Å². The van der Waals surface area contributed by atoms with Crippen molar-refractivity contribution in [1.82, 2.24) is 49.8 Å². The SMILES string of the molecule is C[C@H](NC(=O)c1cc(C#N)cnc1NCc1ccc(-c2ccn3ncnc(N)c23)cc1)c1ccc(F)cc1.C[C@H](NC(=O)c1cc(C#N)cnc1NCc1ccc(B2OC(C)(C)C(C)(C)O2)cc1)c1ccc(F)cc1.Nc1ncnn2ccc(Br)c12. The van der Waals surface area contributed by atoms with Crippen LogP contribution in [0.25, 0.3) is 22.2 Å². The molecular formula is C62H58BBrF2N16O4. The van der Waals surface area contributed by atoms with Gasteiger partial charge in [-0.1, -0.05) is 72.8 Å². The number of anilines is 4. The van der Waals surface area contributed by atoms with Crippen molar-refractivity contribution < 1.29 is 27.7 Å². The summed E-state index contributed by atoms with van der Waals surface area (Å²) in [5.74, 6) is 0.110. The number of nitrogens with one attached hydrogen (secondary N) is 4. The van der Waals surface area contributed by atoms with Crippen molar-refractivity contribution in [2.75, 3.05) is 22.1 Å². The molecule has 0 bridgehead atoms.